The summed E-state index contributed by atoms with van der Waals surface area (Å²) in [5.74, 6) is 2.11. The van der Waals surface area contributed by atoms with E-state index in [0.29, 0.717) is 28.9 Å². The van der Waals surface area contributed by atoms with Crippen molar-refractivity contribution in [1.82, 2.24) is 24.5 Å². The van der Waals surface area contributed by atoms with Crippen molar-refractivity contribution in [3.63, 3.8) is 0 Å². The predicted octanol–water partition coefficient (Wildman–Crippen LogP) is 5.73. The fourth-order valence-corrected chi connectivity index (χ4v) is 3.88. The molecule has 0 unspecified atom stereocenters. The first-order valence-electron chi connectivity index (χ1n) is 11.5. The number of benzene rings is 2. The Bertz CT molecular complexity index is 1510. The summed E-state index contributed by atoms with van der Waals surface area (Å²) in [5.41, 5.74) is 10.5. The Morgan fingerprint density at radius 3 is 2.39 bits per heavy atom. The van der Waals surface area contributed by atoms with Crippen molar-refractivity contribution >= 4 is 16.9 Å². The molecule has 0 aliphatic carbocycles. The Hall–Kier alpha value is -4.53. The lowest BCUT2D eigenvalue weighted by atomic mass is 10.1. The van der Waals surface area contributed by atoms with E-state index < -0.39 is 5.82 Å². The average molecular weight is 485 g/mol. The molecule has 0 bridgehead atoms. The highest BCUT2D eigenvalue weighted by Gasteiger charge is 2.16. The molecule has 2 aromatic carbocycles. The van der Waals surface area contributed by atoms with E-state index in [0.717, 1.165) is 27.8 Å². The normalized spacial score (nSPS) is 11.2. The highest BCUT2D eigenvalue weighted by atomic mass is 19.1. The molecular formula is C27H25FN6O2. The minimum Gasteiger partial charge on any atom is -0.489 e. The van der Waals surface area contributed by atoms with Crippen LogP contribution >= 0.6 is 0 Å². The first-order chi connectivity index (χ1) is 17.4. The van der Waals surface area contributed by atoms with E-state index in [2.05, 4.69) is 33.8 Å². The lowest BCUT2D eigenvalue weighted by Crippen LogP contribution is -1.99. The number of hydrogen-bond donors (Lipinski definition) is 1. The van der Waals surface area contributed by atoms with Crippen LogP contribution in [0.15, 0.2) is 67.4 Å². The molecule has 36 heavy (non-hydrogen) atoms. The molecule has 5 rings (SSSR count). The molecule has 3 heterocycles. The van der Waals surface area contributed by atoms with Crippen LogP contribution in [-0.4, -0.2) is 24.5 Å². The highest BCUT2D eigenvalue weighted by molar-refractivity contribution is 5.89. The van der Waals surface area contributed by atoms with Gasteiger partial charge in [0.2, 0.25) is 0 Å². The Labute approximate surface area is 207 Å². The minimum absolute atomic E-state index is 0.216. The van der Waals surface area contributed by atoms with E-state index in [1.54, 1.807) is 25.4 Å². The Kier molecular flexibility index (Phi) is 6.20. The van der Waals surface area contributed by atoms with Crippen molar-refractivity contribution < 1.29 is 13.9 Å². The monoisotopic (exact) mass is 484 g/mol. The second-order valence-electron chi connectivity index (χ2n) is 8.71. The fraction of sp³-hybridized carbons (Fsp3) is 0.185. The molecule has 0 fully saturated rings. The Morgan fingerprint density at radius 2 is 1.67 bits per heavy atom. The summed E-state index contributed by atoms with van der Waals surface area (Å²) < 4.78 is 27.8. The molecule has 0 saturated carbocycles. The molecule has 0 spiro atoms. The van der Waals surface area contributed by atoms with Crippen LogP contribution in [0.3, 0.4) is 0 Å². The number of nitrogens with two attached hydrogens (primary N) is 1. The maximum Gasteiger partial charge on any atom is 0.151 e. The highest BCUT2D eigenvalue weighted by Crippen LogP contribution is 2.32. The third-order valence-electron chi connectivity index (χ3n) is 5.69. The SMILES string of the molecule is Cc1ncc(COc2cc(F)cc(Oc3ccc(-n4cc(C(C)C)c5ncnc(N)c54)cc3)c2)cn1. The molecule has 0 amide bonds. The van der Waals surface area contributed by atoms with Gasteiger partial charge in [-0.2, -0.15) is 0 Å². The smallest absolute Gasteiger partial charge is 0.151 e. The fourth-order valence-electron chi connectivity index (χ4n) is 3.88. The van der Waals surface area contributed by atoms with Gasteiger partial charge in [0.25, 0.3) is 0 Å². The van der Waals surface area contributed by atoms with E-state index >= 15 is 0 Å². The molecule has 3 aromatic heterocycles. The molecule has 0 saturated heterocycles. The summed E-state index contributed by atoms with van der Waals surface area (Å²) in [6.07, 6.45) is 6.87. The number of aryl methyl sites for hydroxylation is 1. The number of aromatic nitrogens is 5. The largest absolute Gasteiger partial charge is 0.489 e. The van der Waals surface area contributed by atoms with Gasteiger partial charge in [0.1, 0.15) is 47.3 Å². The van der Waals surface area contributed by atoms with E-state index in [9.17, 15) is 4.39 Å². The molecule has 2 N–H and O–H groups in total. The van der Waals surface area contributed by atoms with Gasteiger partial charge in [-0.25, -0.2) is 24.3 Å². The Morgan fingerprint density at radius 1 is 0.944 bits per heavy atom. The topological polar surface area (TPSA) is 101 Å². The van der Waals surface area contributed by atoms with Gasteiger partial charge in [-0.15, -0.1) is 0 Å². The molecule has 0 radical (unpaired) electrons. The second kappa shape index (κ2) is 9.61. The van der Waals surface area contributed by atoms with Crippen LogP contribution in [0.4, 0.5) is 10.2 Å². The van der Waals surface area contributed by atoms with Crippen molar-refractivity contribution in [2.75, 3.05) is 5.73 Å². The zero-order valence-electron chi connectivity index (χ0n) is 20.1. The number of rotatable bonds is 7. The molecule has 0 aliphatic heterocycles. The molecular weight excluding hydrogens is 459 g/mol. The van der Waals surface area contributed by atoms with Gasteiger partial charge in [-0.3, -0.25) is 0 Å². The summed E-state index contributed by atoms with van der Waals surface area (Å²) in [5, 5.41) is 0. The first kappa shape index (κ1) is 23.2. The van der Waals surface area contributed by atoms with Crippen molar-refractivity contribution in [2.24, 2.45) is 0 Å². The number of nitrogen functional groups attached to an aromatic ring is 1. The van der Waals surface area contributed by atoms with Gasteiger partial charge in [-0.05, 0) is 42.7 Å². The Balaban J connectivity index is 1.36. The van der Waals surface area contributed by atoms with Crippen LogP contribution in [0.25, 0.3) is 16.7 Å². The summed E-state index contributed by atoms with van der Waals surface area (Å²) in [7, 11) is 0. The number of halogens is 1. The van der Waals surface area contributed by atoms with Gasteiger partial charge < -0.3 is 19.8 Å². The van der Waals surface area contributed by atoms with Gasteiger partial charge in [0, 0.05) is 48.0 Å². The molecule has 8 nitrogen and oxygen atoms in total. The van der Waals surface area contributed by atoms with E-state index in [-0.39, 0.29) is 12.5 Å². The predicted molar refractivity (Wildman–Crippen MR) is 135 cm³/mol. The van der Waals surface area contributed by atoms with Crippen LogP contribution in [0.5, 0.6) is 17.2 Å². The van der Waals surface area contributed by atoms with Crippen LogP contribution in [0, 0.1) is 12.7 Å². The van der Waals surface area contributed by atoms with E-state index in [1.807, 2.05) is 35.0 Å². The van der Waals surface area contributed by atoms with E-state index in [4.69, 9.17) is 15.2 Å². The summed E-state index contributed by atoms with van der Waals surface area (Å²) in [6.45, 7) is 6.24. The van der Waals surface area contributed by atoms with Gasteiger partial charge in [0.15, 0.2) is 5.82 Å². The lowest BCUT2D eigenvalue weighted by Gasteiger charge is -2.11. The maximum atomic E-state index is 14.2. The third kappa shape index (κ3) is 4.81. The quantitative estimate of drug-likeness (QED) is 0.315. The molecule has 0 atom stereocenters. The summed E-state index contributed by atoms with van der Waals surface area (Å²) >= 11 is 0. The van der Waals surface area contributed by atoms with Crippen molar-refractivity contribution in [1.29, 1.82) is 0 Å². The average Bonchev–Trinajstić information content (AvgIpc) is 3.25. The maximum absolute atomic E-state index is 14.2. The van der Waals surface area contributed by atoms with Gasteiger partial charge in [-0.1, -0.05) is 13.8 Å². The number of hydrogen-bond acceptors (Lipinski definition) is 7. The molecule has 182 valence electrons. The zero-order chi connectivity index (χ0) is 25.2. The lowest BCUT2D eigenvalue weighted by molar-refractivity contribution is 0.301. The van der Waals surface area contributed by atoms with Crippen LogP contribution < -0.4 is 15.2 Å². The standard InChI is InChI=1S/C27H25FN6O2/c1-16(2)24-13-34(26-25(24)32-15-33-27(26)29)20-4-6-21(7-5-20)36-23-9-19(28)8-22(10-23)35-14-18-11-30-17(3)31-12-18/h4-13,15-16H,14H2,1-3H3,(H2,29,32,33). The van der Waals surface area contributed by atoms with Crippen molar-refractivity contribution in [3.8, 4) is 22.9 Å². The van der Waals surface area contributed by atoms with Gasteiger partial charge in [0.05, 0.1) is 5.52 Å². The van der Waals surface area contributed by atoms with Gasteiger partial charge >= 0.3 is 0 Å². The second-order valence-corrected chi connectivity index (χ2v) is 8.71. The summed E-state index contributed by atoms with van der Waals surface area (Å²) in [6, 6.07) is 11.7. The number of anilines is 1. The molecule has 9 heteroatoms. The van der Waals surface area contributed by atoms with Crippen LogP contribution in [0.2, 0.25) is 0 Å². The van der Waals surface area contributed by atoms with E-state index in [1.165, 1.54) is 18.5 Å². The number of nitrogens with zero attached hydrogens (tertiary/aromatic N) is 5. The van der Waals surface area contributed by atoms with Crippen molar-refractivity contribution in [3.05, 3.63) is 90.2 Å². The molecule has 0 aliphatic rings. The van der Waals surface area contributed by atoms with Crippen LogP contribution in [0.1, 0.15) is 36.7 Å². The third-order valence-corrected chi connectivity index (χ3v) is 5.69. The summed E-state index contributed by atoms with van der Waals surface area (Å²) in [4.78, 5) is 16.9. The molecule has 5 aromatic rings. The number of ether oxygens (including phenoxy) is 2. The van der Waals surface area contributed by atoms with Crippen LogP contribution in [-0.2, 0) is 6.61 Å². The van der Waals surface area contributed by atoms with Crippen molar-refractivity contribution in [2.45, 2.75) is 33.3 Å². The minimum atomic E-state index is -0.463. The zero-order valence-corrected chi connectivity index (χ0v) is 20.1. The number of fused-ring (bicyclic) bond motifs is 1. The first-order valence-corrected chi connectivity index (χ1v) is 11.5.